The van der Waals surface area contributed by atoms with Crippen molar-refractivity contribution in [1.82, 2.24) is 19.6 Å². The molecule has 3 rings (SSSR count). The number of pyridine rings is 1. The minimum atomic E-state index is 0.432. The maximum atomic E-state index is 6.36. The second-order valence-corrected chi connectivity index (χ2v) is 5.26. The van der Waals surface area contributed by atoms with Gasteiger partial charge in [-0.15, -0.1) is 5.10 Å². The van der Waals surface area contributed by atoms with Crippen LogP contribution in [0.5, 0.6) is 0 Å². The van der Waals surface area contributed by atoms with Gasteiger partial charge in [-0.3, -0.25) is 0 Å². The Hall–Kier alpha value is -1.39. The summed E-state index contributed by atoms with van der Waals surface area (Å²) in [5, 5.41) is 6.28. The molecule has 3 aromatic heterocycles. The summed E-state index contributed by atoms with van der Waals surface area (Å²) in [6.45, 7) is 5.93. The Balaban J connectivity index is 2.55. The Labute approximate surface area is 120 Å². The Morgan fingerprint density at radius 3 is 2.63 bits per heavy atom. The zero-order valence-electron chi connectivity index (χ0n) is 10.8. The van der Waals surface area contributed by atoms with Gasteiger partial charge in [0.15, 0.2) is 11.3 Å². The molecule has 0 aromatic carbocycles. The third-order valence-corrected chi connectivity index (χ3v) is 3.89. The van der Waals surface area contributed by atoms with E-state index >= 15 is 0 Å². The van der Waals surface area contributed by atoms with Gasteiger partial charge in [0.05, 0.1) is 5.39 Å². The standard InChI is InChI=1S/C13H12Cl2N4/c1-4-8-10(14)17-13-9-6(2)5-7(3)16-12(9)18-19(13)11(8)15/h5H,4H2,1-3H3. The van der Waals surface area contributed by atoms with E-state index in [-0.39, 0.29) is 0 Å². The Kier molecular flexibility index (Phi) is 2.87. The van der Waals surface area contributed by atoms with E-state index in [0.717, 1.165) is 22.2 Å². The normalized spacial score (nSPS) is 11.6. The van der Waals surface area contributed by atoms with Gasteiger partial charge in [-0.2, -0.15) is 0 Å². The van der Waals surface area contributed by atoms with Crippen LogP contribution in [0.3, 0.4) is 0 Å². The first kappa shape index (κ1) is 12.6. The number of aromatic nitrogens is 4. The van der Waals surface area contributed by atoms with Crippen LogP contribution in [0, 0.1) is 13.8 Å². The summed E-state index contributed by atoms with van der Waals surface area (Å²) in [4.78, 5) is 8.85. The number of hydrogen-bond donors (Lipinski definition) is 0. The molecule has 6 heteroatoms. The van der Waals surface area contributed by atoms with Gasteiger partial charge in [0, 0.05) is 11.3 Å². The van der Waals surface area contributed by atoms with Gasteiger partial charge in [-0.05, 0) is 31.9 Å². The summed E-state index contributed by atoms with van der Waals surface area (Å²) >= 11 is 12.6. The average molecular weight is 295 g/mol. The smallest absolute Gasteiger partial charge is 0.184 e. The molecule has 19 heavy (non-hydrogen) atoms. The molecule has 0 atom stereocenters. The van der Waals surface area contributed by atoms with E-state index in [1.165, 1.54) is 0 Å². The monoisotopic (exact) mass is 294 g/mol. The molecule has 0 aliphatic rings. The lowest BCUT2D eigenvalue weighted by atomic mass is 10.2. The van der Waals surface area contributed by atoms with E-state index in [2.05, 4.69) is 15.1 Å². The van der Waals surface area contributed by atoms with E-state index in [0.29, 0.717) is 28.0 Å². The second-order valence-electron chi connectivity index (χ2n) is 4.54. The van der Waals surface area contributed by atoms with Gasteiger partial charge in [-0.1, -0.05) is 30.1 Å². The molecule has 0 radical (unpaired) electrons. The fraction of sp³-hybridized carbons (Fsp3) is 0.308. The van der Waals surface area contributed by atoms with Crippen LogP contribution >= 0.6 is 23.2 Å². The lowest BCUT2D eigenvalue weighted by Gasteiger charge is -2.05. The lowest BCUT2D eigenvalue weighted by Crippen LogP contribution is -1.99. The maximum absolute atomic E-state index is 6.36. The lowest BCUT2D eigenvalue weighted by molar-refractivity contribution is 0.918. The largest absolute Gasteiger partial charge is 0.232 e. The second kappa shape index (κ2) is 4.32. The van der Waals surface area contributed by atoms with E-state index in [1.807, 2.05) is 26.8 Å². The molecule has 0 unspecified atom stereocenters. The molecular formula is C13H12Cl2N4. The summed E-state index contributed by atoms with van der Waals surface area (Å²) in [5.74, 6) is 0. The summed E-state index contributed by atoms with van der Waals surface area (Å²) in [6.07, 6.45) is 0.711. The van der Waals surface area contributed by atoms with Gasteiger partial charge in [0.25, 0.3) is 0 Å². The molecule has 98 valence electrons. The van der Waals surface area contributed by atoms with Crippen molar-refractivity contribution in [3.8, 4) is 0 Å². The molecule has 3 aromatic rings. The SMILES string of the molecule is CCc1c(Cl)nc2c3c(C)cc(C)nc3nn2c1Cl. The molecule has 0 N–H and O–H groups in total. The van der Waals surface area contributed by atoms with Crippen LogP contribution in [0.1, 0.15) is 23.7 Å². The van der Waals surface area contributed by atoms with E-state index < -0.39 is 0 Å². The van der Waals surface area contributed by atoms with Crippen LogP contribution in [-0.4, -0.2) is 19.6 Å². The average Bonchev–Trinajstić information content (AvgIpc) is 2.68. The van der Waals surface area contributed by atoms with Crippen molar-refractivity contribution >= 4 is 39.9 Å². The molecule has 0 spiro atoms. The molecule has 0 saturated carbocycles. The first-order valence-corrected chi connectivity index (χ1v) is 6.79. The highest BCUT2D eigenvalue weighted by Gasteiger charge is 2.17. The van der Waals surface area contributed by atoms with Crippen molar-refractivity contribution in [1.29, 1.82) is 0 Å². The highest BCUT2D eigenvalue weighted by atomic mass is 35.5. The minimum Gasteiger partial charge on any atom is -0.232 e. The van der Waals surface area contributed by atoms with Crippen LogP contribution < -0.4 is 0 Å². The molecular weight excluding hydrogens is 283 g/mol. The van der Waals surface area contributed by atoms with E-state index in [4.69, 9.17) is 23.2 Å². The van der Waals surface area contributed by atoms with Gasteiger partial charge in [0.2, 0.25) is 0 Å². The number of fused-ring (bicyclic) bond motifs is 3. The minimum absolute atomic E-state index is 0.432. The van der Waals surface area contributed by atoms with Gasteiger partial charge < -0.3 is 0 Å². The third-order valence-electron chi connectivity index (χ3n) is 3.19. The van der Waals surface area contributed by atoms with Crippen molar-refractivity contribution < 1.29 is 0 Å². The fourth-order valence-electron chi connectivity index (χ4n) is 2.32. The number of nitrogens with zero attached hydrogens (tertiary/aromatic N) is 4. The van der Waals surface area contributed by atoms with Crippen LogP contribution in [0.4, 0.5) is 0 Å². The molecule has 0 aliphatic heterocycles. The first-order valence-electron chi connectivity index (χ1n) is 6.03. The Bertz CT molecular complexity index is 808. The zero-order valence-corrected chi connectivity index (χ0v) is 12.3. The molecule has 0 amide bonds. The maximum Gasteiger partial charge on any atom is 0.184 e. The molecule has 3 heterocycles. The number of hydrogen-bond acceptors (Lipinski definition) is 3. The predicted molar refractivity (Wildman–Crippen MR) is 77.2 cm³/mol. The summed E-state index contributed by atoms with van der Waals surface area (Å²) in [5.41, 5.74) is 4.11. The summed E-state index contributed by atoms with van der Waals surface area (Å²) < 4.78 is 1.62. The predicted octanol–water partition coefficient (Wildman–Crippen LogP) is 3.76. The molecule has 0 saturated heterocycles. The Morgan fingerprint density at radius 1 is 1.21 bits per heavy atom. The number of halogens is 2. The number of rotatable bonds is 1. The van der Waals surface area contributed by atoms with Crippen LogP contribution in [-0.2, 0) is 6.42 Å². The molecule has 0 fully saturated rings. The quantitative estimate of drug-likeness (QED) is 0.642. The zero-order chi connectivity index (χ0) is 13.7. The fourth-order valence-corrected chi connectivity index (χ4v) is 3.01. The van der Waals surface area contributed by atoms with Crippen LogP contribution in [0.25, 0.3) is 16.7 Å². The summed E-state index contributed by atoms with van der Waals surface area (Å²) in [7, 11) is 0. The topological polar surface area (TPSA) is 43.1 Å². The van der Waals surface area contributed by atoms with Crippen molar-refractivity contribution in [2.45, 2.75) is 27.2 Å². The van der Waals surface area contributed by atoms with Crippen molar-refractivity contribution in [2.24, 2.45) is 0 Å². The first-order chi connectivity index (χ1) is 9.02. The molecule has 0 bridgehead atoms. The highest BCUT2D eigenvalue weighted by Crippen LogP contribution is 2.29. The van der Waals surface area contributed by atoms with Crippen molar-refractivity contribution in [3.05, 3.63) is 33.2 Å². The number of aryl methyl sites for hydroxylation is 2. The van der Waals surface area contributed by atoms with Gasteiger partial charge >= 0.3 is 0 Å². The Morgan fingerprint density at radius 2 is 1.95 bits per heavy atom. The van der Waals surface area contributed by atoms with Crippen molar-refractivity contribution in [3.63, 3.8) is 0 Å². The van der Waals surface area contributed by atoms with Gasteiger partial charge in [0.1, 0.15) is 10.3 Å². The molecule has 4 nitrogen and oxygen atoms in total. The van der Waals surface area contributed by atoms with Gasteiger partial charge in [-0.25, -0.2) is 14.5 Å². The summed E-state index contributed by atoms with van der Waals surface area (Å²) in [6, 6.07) is 2.00. The van der Waals surface area contributed by atoms with Crippen molar-refractivity contribution in [2.75, 3.05) is 0 Å². The molecule has 0 aliphatic carbocycles. The van der Waals surface area contributed by atoms with Crippen LogP contribution in [0.15, 0.2) is 6.07 Å². The van der Waals surface area contributed by atoms with E-state index in [1.54, 1.807) is 4.52 Å². The third kappa shape index (κ3) is 1.78. The highest BCUT2D eigenvalue weighted by molar-refractivity contribution is 6.35. The van der Waals surface area contributed by atoms with E-state index in [9.17, 15) is 0 Å². The van der Waals surface area contributed by atoms with Crippen LogP contribution in [0.2, 0.25) is 10.3 Å².